The summed E-state index contributed by atoms with van der Waals surface area (Å²) >= 11 is 1.81. The summed E-state index contributed by atoms with van der Waals surface area (Å²) in [4.78, 5) is 15.9. The number of rotatable bonds is 3. The highest BCUT2D eigenvalue weighted by atomic mass is 32.1. The average molecular weight is 666 g/mol. The summed E-state index contributed by atoms with van der Waals surface area (Å²) in [6.45, 7) is 0. The van der Waals surface area contributed by atoms with Crippen molar-refractivity contribution in [2.45, 2.75) is 0 Å². The predicted octanol–water partition coefficient (Wildman–Crippen LogP) is 13.0. The summed E-state index contributed by atoms with van der Waals surface area (Å²) in [6, 6.07) is 58.5. The molecule has 11 aromatic rings. The van der Waals surface area contributed by atoms with Gasteiger partial charge in [-0.1, -0.05) is 146 Å². The summed E-state index contributed by atoms with van der Waals surface area (Å²) in [7, 11) is 0. The van der Waals surface area contributed by atoms with Gasteiger partial charge in [0, 0.05) is 36.9 Å². The third kappa shape index (κ3) is 4.33. The summed E-state index contributed by atoms with van der Waals surface area (Å²) in [6.07, 6.45) is 0. The fourth-order valence-corrected chi connectivity index (χ4v) is 9.12. The number of aromatic nitrogens is 3. The van der Waals surface area contributed by atoms with Gasteiger partial charge in [0.05, 0.1) is 0 Å². The van der Waals surface area contributed by atoms with Crippen LogP contribution >= 0.6 is 11.3 Å². The number of nitrogens with zero attached hydrogens (tertiary/aromatic N) is 3. The lowest BCUT2D eigenvalue weighted by Crippen LogP contribution is -2.01. The number of benzene rings is 9. The smallest absolute Gasteiger partial charge is 0.164 e. The van der Waals surface area contributed by atoms with Gasteiger partial charge in [-0.2, -0.15) is 0 Å². The third-order valence-electron chi connectivity index (χ3n) is 10.3. The van der Waals surface area contributed by atoms with Crippen molar-refractivity contribution in [1.82, 2.24) is 15.0 Å². The van der Waals surface area contributed by atoms with E-state index >= 15 is 0 Å². The van der Waals surface area contributed by atoms with E-state index in [9.17, 15) is 0 Å². The molecule has 2 heterocycles. The van der Waals surface area contributed by atoms with Crippen LogP contribution in [0.2, 0.25) is 0 Å². The molecular formula is C47H27N3S. The average Bonchev–Trinajstić information content (AvgIpc) is 3.59. The Kier molecular flexibility index (Phi) is 6.12. The van der Waals surface area contributed by atoms with E-state index in [0.29, 0.717) is 17.5 Å². The Morgan fingerprint density at radius 2 is 0.824 bits per heavy atom. The highest BCUT2D eigenvalue weighted by Gasteiger charge is 2.19. The molecule has 11 rings (SSSR count). The zero-order chi connectivity index (χ0) is 33.5. The molecular weight excluding hydrogens is 639 g/mol. The molecule has 0 aliphatic carbocycles. The van der Waals surface area contributed by atoms with Gasteiger partial charge in [0.2, 0.25) is 0 Å². The maximum Gasteiger partial charge on any atom is 0.164 e. The largest absolute Gasteiger partial charge is 0.208 e. The van der Waals surface area contributed by atoms with Crippen LogP contribution in [0.1, 0.15) is 0 Å². The fourth-order valence-electron chi connectivity index (χ4n) is 7.99. The lowest BCUT2D eigenvalue weighted by atomic mass is 9.93. The van der Waals surface area contributed by atoms with Gasteiger partial charge < -0.3 is 0 Å². The summed E-state index contributed by atoms with van der Waals surface area (Å²) in [5.74, 6) is 1.99. The van der Waals surface area contributed by atoms with Gasteiger partial charge in [-0.05, 0) is 72.1 Å². The predicted molar refractivity (Wildman–Crippen MR) is 217 cm³/mol. The van der Waals surface area contributed by atoms with E-state index in [1.165, 1.54) is 68.6 Å². The second-order valence-electron chi connectivity index (χ2n) is 13.1. The molecule has 0 spiro atoms. The minimum absolute atomic E-state index is 0.656. The standard InChI is InChI=1S/C47H27N3S/c1-2-12-30-28(11-1)23-25-36-31(30)18-9-19-38(36)46-48-45(49-47(50-46)40-20-10-22-43-44(40)39-17-7-8-21-42(39)51-43)29-24-26-37-34-15-4-3-13-32(34)33-14-5-6-16-35(33)41(37)27-29/h1-27H. The lowest BCUT2D eigenvalue weighted by molar-refractivity contribution is 1.08. The molecule has 0 atom stereocenters. The molecule has 2 aromatic heterocycles. The van der Waals surface area contributed by atoms with E-state index in [0.717, 1.165) is 22.1 Å². The molecule has 0 aliphatic rings. The summed E-state index contributed by atoms with van der Waals surface area (Å²) in [5.41, 5.74) is 2.96. The Morgan fingerprint density at radius 3 is 1.61 bits per heavy atom. The molecule has 0 unspecified atom stereocenters. The van der Waals surface area contributed by atoms with Gasteiger partial charge in [-0.25, -0.2) is 15.0 Å². The Balaban J connectivity index is 1.22. The second-order valence-corrected chi connectivity index (χ2v) is 14.2. The zero-order valence-corrected chi connectivity index (χ0v) is 28.2. The highest BCUT2D eigenvalue weighted by molar-refractivity contribution is 7.25. The minimum Gasteiger partial charge on any atom is -0.208 e. The van der Waals surface area contributed by atoms with Crippen LogP contribution in [0.5, 0.6) is 0 Å². The van der Waals surface area contributed by atoms with Gasteiger partial charge in [0.25, 0.3) is 0 Å². The van der Waals surface area contributed by atoms with Crippen LogP contribution < -0.4 is 0 Å². The lowest BCUT2D eigenvalue weighted by Gasteiger charge is -2.14. The van der Waals surface area contributed by atoms with Gasteiger partial charge in [0.1, 0.15) is 0 Å². The Bertz CT molecular complexity index is 3180. The van der Waals surface area contributed by atoms with Crippen LogP contribution in [0, 0.1) is 0 Å². The van der Waals surface area contributed by atoms with E-state index in [1.54, 1.807) is 11.3 Å². The number of fused-ring (bicyclic) bond motifs is 12. The highest BCUT2D eigenvalue weighted by Crippen LogP contribution is 2.41. The van der Waals surface area contributed by atoms with Crippen molar-refractivity contribution >= 4 is 85.4 Å². The molecule has 0 bridgehead atoms. The van der Waals surface area contributed by atoms with Crippen molar-refractivity contribution in [1.29, 1.82) is 0 Å². The van der Waals surface area contributed by atoms with E-state index in [-0.39, 0.29) is 0 Å². The first-order valence-electron chi connectivity index (χ1n) is 17.2. The molecule has 236 valence electrons. The molecule has 0 saturated heterocycles. The fraction of sp³-hybridized carbons (Fsp3) is 0. The number of thiophene rings is 1. The van der Waals surface area contributed by atoms with Crippen molar-refractivity contribution < 1.29 is 0 Å². The molecule has 0 radical (unpaired) electrons. The summed E-state index contributed by atoms with van der Waals surface area (Å²) < 4.78 is 2.47. The van der Waals surface area contributed by atoms with Crippen LogP contribution in [-0.4, -0.2) is 15.0 Å². The summed E-state index contributed by atoms with van der Waals surface area (Å²) in [5, 5.41) is 14.5. The number of hydrogen-bond donors (Lipinski definition) is 0. The van der Waals surface area contributed by atoms with Gasteiger partial charge >= 0.3 is 0 Å². The molecule has 3 nitrogen and oxygen atoms in total. The van der Waals surface area contributed by atoms with Crippen LogP contribution in [0.4, 0.5) is 0 Å². The van der Waals surface area contributed by atoms with Gasteiger partial charge in [-0.15, -0.1) is 11.3 Å². The van der Waals surface area contributed by atoms with Gasteiger partial charge in [-0.3, -0.25) is 0 Å². The molecule has 51 heavy (non-hydrogen) atoms. The van der Waals surface area contributed by atoms with E-state index in [4.69, 9.17) is 15.0 Å². The molecule has 4 heteroatoms. The van der Waals surface area contributed by atoms with Crippen molar-refractivity contribution in [3.63, 3.8) is 0 Å². The second kappa shape index (κ2) is 11.0. The van der Waals surface area contributed by atoms with Crippen molar-refractivity contribution in [3.05, 3.63) is 164 Å². The molecule has 9 aromatic carbocycles. The normalized spacial score (nSPS) is 11.9. The Hall–Kier alpha value is -6.49. The van der Waals surface area contributed by atoms with Crippen molar-refractivity contribution in [2.24, 2.45) is 0 Å². The SMILES string of the molecule is c1ccc2c(c1)ccc1c(-c3nc(-c4ccc5c6ccccc6c6ccccc6c5c4)nc(-c4cccc5sc6ccccc6c45)n3)cccc12. The third-order valence-corrected chi connectivity index (χ3v) is 11.4. The van der Waals surface area contributed by atoms with E-state index in [1.807, 2.05) is 0 Å². The Morgan fingerprint density at radius 1 is 0.314 bits per heavy atom. The number of hydrogen-bond acceptors (Lipinski definition) is 4. The maximum absolute atomic E-state index is 5.30. The molecule has 0 saturated carbocycles. The monoisotopic (exact) mass is 665 g/mol. The van der Waals surface area contributed by atoms with Crippen LogP contribution in [0.25, 0.3) is 108 Å². The molecule has 0 aliphatic heterocycles. The molecule has 0 N–H and O–H groups in total. The van der Waals surface area contributed by atoms with E-state index in [2.05, 4.69) is 164 Å². The molecule has 0 fully saturated rings. The first-order chi connectivity index (χ1) is 25.3. The van der Waals surface area contributed by atoms with Gasteiger partial charge in [0.15, 0.2) is 17.5 Å². The topological polar surface area (TPSA) is 38.7 Å². The van der Waals surface area contributed by atoms with E-state index < -0.39 is 0 Å². The quantitative estimate of drug-likeness (QED) is 0.176. The van der Waals surface area contributed by atoms with Crippen LogP contribution in [0.15, 0.2) is 164 Å². The first-order valence-corrected chi connectivity index (χ1v) is 18.0. The van der Waals surface area contributed by atoms with Crippen molar-refractivity contribution in [2.75, 3.05) is 0 Å². The maximum atomic E-state index is 5.30. The Labute approximate surface area is 297 Å². The molecule has 0 amide bonds. The minimum atomic E-state index is 0.656. The zero-order valence-electron chi connectivity index (χ0n) is 27.3. The first kappa shape index (κ1) is 28.4. The van der Waals surface area contributed by atoms with Crippen LogP contribution in [0.3, 0.4) is 0 Å². The van der Waals surface area contributed by atoms with Crippen molar-refractivity contribution in [3.8, 4) is 34.2 Å². The van der Waals surface area contributed by atoms with Crippen LogP contribution in [-0.2, 0) is 0 Å².